The summed E-state index contributed by atoms with van der Waals surface area (Å²) in [5.74, 6) is 0.805. The minimum absolute atomic E-state index is 0.0972. The zero-order valence-electron chi connectivity index (χ0n) is 23.8. The molecule has 0 spiro atoms. The van der Waals surface area contributed by atoms with Crippen molar-refractivity contribution in [3.63, 3.8) is 0 Å². The molecule has 0 radical (unpaired) electrons. The molecule has 3 aromatic rings. The van der Waals surface area contributed by atoms with Gasteiger partial charge in [0.05, 0.1) is 35.9 Å². The van der Waals surface area contributed by atoms with Gasteiger partial charge in [-0.1, -0.05) is 30.3 Å². The molecule has 0 aromatic heterocycles. The van der Waals surface area contributed by atoms with Gasteiger partial charge >= 0.3 is 5.97 Å². The fourth-order valence-electron chi connectivity index (χ4n) is 4.42. The Kier molecular flexibility index (Phi) is 12.1. The number of phenolic OH excluding ortho intramolecular Hbond substituents is 1. The highest BCUT2D eigenvalue weighted by atomic mass is 16.4. The van der Waals surface area contributed by atoms with Gasteiger partial charge in [-0.2, -0.15) is 10.2 Å². The Hall–Kier alpha value is -4.84. The molecule has 1 heterocycles. The highest BCUT2D eigenvalue weighted by molar-refractivity contribution is 6.52. The number of para-hydroxylation sites is 1. The van der Waals surface area contributed by atoms with Crippen LogP contribution in [0.15, 0.2) is 76.6 Å². The molecule has 9 N–H and O–H groups in total. The number of benzene rings is 3. The topological polar surface area (TPSA) is 207 Å². The lowest BCUT2D eigenvalue weighted by Crippen LogP contribution is -2.18. The Morgan fingerprint density at radius 2 is 1.70 bits per heavy atom. The van der Waals surface area contributed by atoms with Crippen LogP contribution in [0.1, 0.15) is 34.8 Å². The molecule has 12 heteroatoms. The van der Waals surface area contributed by atoms with E-state index in [1.54, 1.807) is 37.3 Å². The number of fused-ring (bicyclic) bond motifs is 1. The SMILES string of the molecule is CC1=NN(c2ccc3c(c2)CCC3)C(=C=O)/C1=N\Nc1cccc(-c2cccc(C(=O)O)c2)c1O.NCCO.NCCO. The van der Waals surface area contributed by atoms with Gasteiger partial charge in [0.25, 0.3) is 0 Å². The quantitative estimate of drug-likeness (QED) is 0.122. The van der Waals surface area contributed by atoms with Gasteiger partial charge in [0.15, 0.2) is 11.6 Å². The van der Waals surface area contributed by atoms with Crippen molar-refractivity contribution in [1.29, 1.82) is 0 Å². The van der Waals surface area contributed by atoms with E-state index in [9.17, 15) is 19.8 Å². The maximum Gasteiger partial charge on any atom is 0.335 e. The summed E-state index contributed by atoms with van der Waals surface area (Å²) in [7, 11) is 0. The number of aliphatic hydroxyl groups excluding tert-OH is 2. The number of phenols is 1. The van der Waals surface area contributed by atoms with E-state index in [-0.39, 0.29) is 30.2 Å². The second kappa shape index (κ2) is 16.0. The number of allylic oxidation sites excluding steroid dienone is 1. The number of nitrogens with zero attached hydrogens (tertiary/aromatic N) is 3. The van der Waals surface area contributed by atoms with Gasteiger partial charge in [0.1, 0.15) is 11.5 Å². The molecule has 0 amide bonds. The average Bonchev–Trinajstić information content (AvgIpc) is 3.63. The lowest BCUT2D eigenvalue weighted by molar-refractivity contribution is 0.0697. The number of hydrogen-bond acceptors (Lipinski definition) is 11. The molecule has 1 aliphatic heterocycles. The Bertz CT molecular complexity index is 1540. The number of rotatable bonds is 7. The predicted octanol–water partition coefficient (Wildman–Crippen LogP) is 2.50. The summed E-state index contributed by atoms with van der Waals surface area (Å²) in [6, 6.07) is 17.4. The highest BCUT2D eigenvalue weighted by Crippen LogP contribution is 2.36. The second-order valence-corrected chi connectivity index (χ2v) is 9.44. The Morgan fingerprint density at radius 1 is 1.02 bits per heavy atom. The molecule has 0 saturated heterocycles. The van der Waals surface area contributed by atoms with Crippen molar-refractivity contribution in [3.05, 3.63) is 83.1 Å². The number of carboxylic acids is 1. The first-order valence-electron chi connectivity index (χ1n) is 13.6. The van der Waals surface area contributed by atoms with E-state index in [0.717, 1.165) is 24.9 Å². The van der Waals surface area contributed by atoms with Crippen LogP contribution in [0.25, 0.3) is 11.1 Å². The van der Waals surface area contributed by atoms with Gasteiger partial charge < -0.3 is 31.9 Å². The van der Waals surface area contributed by atoms with E-state index in [1.165, 1.54) is 28.3 Å². The van der Waals surface area contributed by atoms with Crippen molar-refractivity contribution in [3.8, 4) is 16.9 Å². The number of anilines is 2. The van der Waals surface area contributed by atoms with Crippen LogP contribution < -0.4 is 21.9 Å². The maximum absolute atomic E-state index is 11.9. The third kappa shape index (κ3) is 8.13. The second-order valence-electron chi connectivity index (χ2n) is 9.44. The first-order valence-corrected chi connectivity index (χ1v) is 13.6. The zero-order valence-corrected chi connectivity index (χ0v) is 23.8. The molecule has 0 fully saturated rings. The van der Waals surface area contributed by atoms with Gasteiger partial charge in [-0.25, -0.2) is 14.6 Å². The van der Waals surface area contributed by atoms with Gasteiger partial charge in [0, 0.05) is 18.7 Å². The molecule has 43 heavy (non-hydrogen) atoms. The average molecular weight is 589 g/mol. The van der Waals surface area contributed by atoms with Crippen molar-refractivity contribution in [2.75, 3.05) is 36.7 Å². The van der Waals surface area contributed by atoms with E-state index in [2.05, 4.69) is 21.7 Å². The van der Waals surface area contributed by atoms with Crippen molar-refractivity contribution in [1.82, 2.24) is 0 Å². The van der Waals surface area contributed by atoms with Gasteiger partial charge in [0.2, 0.25) is 0 Å². The third-order valence-corrected chi connectivity index (χ3v) is 6.46. The molecule has 0 saturated carbocycles. The molecule has 0 bridgehead atoms. The fourth-order valence-corrected chi connectivity index (χ4v) is 4.42. The largest absolute Gasteiger partial charge is 0.505 e. The summed E-state index contributed by atoms with van der Waals surface area (Å²) in [5, 5.41) is 46.0. The summed E-state index contributed by atoms with van der Waals surface area (Å²) in [6.45, 7) is 2.69. The standard InChI is InChI=1S/C27H22N4O4.2C2H7NO/c1-16-25(24(15-32)31(30-16)21-12-11-17-5-2-6-18(17)14-21)29-28-23-10-4-9-22(26(23)33)19-7-3-8-20(13-19)27(34)35;2*3-1-2-4/h3-4,7-14,28,33H,2,5-6H2,1H3,(H,34,35);2*4H,1-3H2/b29-25-;;. The summed E-state index contributed by atoms with van der Waals surface area (Å²) >= 11 is 0. The van der Waals surface area contributed by atoms with Crippen LogP contribution in [-0.2, 0) is 17.6 Å². The number of carbonyl (C=O) groups excluding carboxylic acids is 1. The summed E-state index contributed by atoms with van der Waals surface area (Å²) in [6.07, 6.45) is 3.19. The number of nitrogens with two attached hydrogens (primary N) is 2. The summed E-state index contributed by atoms with van der Waals surface area (Å²) in [4.78, 5) is 23.2. The van der Waals surface area contributed by atoms with Crippen LogP contribution in [0, 0.1) is 0 Å². The molecule has 2 aliphatic rings. The van der Waals surface area contributed by atoms with E-state index in [0.29, 0.717) is 41.3 Å². The number of carbonyl (C=O) groups is 1. The van der Waals surface area contributed by atoms with Crippen LogP contribution in [0.5, 0.6) is 5.75 Å². The molecule has 5 rings (SSSR count). The smallest absolute Gasteiger partial charge is 0.335 e. The summed E-state index contributed by atoms with van der Waals surface area (Å²) < 4.78 is 0. The zero-order chi connectivity index (χ0) is 31.4. The number of aliphatic hydroxyl groups is 2. The van der Waals surface area contributed by atoms with E-state index in [4.69, 9.17) is 21.7 Å². The molecule has 12 nitrogen and oxygen atoms in total. The summed E-state index contributed by atoms with van der Waals surface area (Å²) in [5.41, 5.74) is 18.2. The van der Waals surface area contributed by atoms with Gasteiger partial charge in [-0.15, -0.1) is 0 Å². The maximum atomic E-state index is 11.9. The van der Waals surface area contributed by atoms with Gasteiger partial charge in [-0.05, 0) is 73.2 Å². The molecule has 1 aliphatic carbocycles. The van der Waals surface area contributed by atoms with Crippen LogP contribution in [0.3, 0.4) is 0 Å². The van der Waals surface area contributed by atoms with Crippen molar-refractivity contribution in [2.24, 2.45) is 21.7 Å². The number of aryl methyl sites for hydroxylation is 2. The van der Waals surface area contributed by atoms with Crippen LogP contribution in [0.2, 0.25) is 0 Å². The number of hydrogen-bond donors (Lipinski definition) is 7. The number of aromatic hydroxyl groups is 1. The van der Waals surface area contributed by atoms with E-state index in [1.807, 2.05) is 18.1 Å². The molecular weight excluding hydrogens is 552 g/mol. The number of nitrogens with one attached hydrogen (secondary N) is 1. The van der Waals surface area contributed by atoms with Gasteiger partial charge in [-0.3, -0.25) is 5.43 Å². The number of carboxylic acid groups (broad SMARTS) is 1. The normalized spacial score (nSPS) is 14.2. The Morgan fingerprint density at radius 3 is 2.35 bits per heavy atom. The first kappa shape index (κ1) is 32.7. The molecule has 3 aromatic carbocycles. The molecule has 226 valence electrons. The highest BCUT2D eigenvalue weighted by Gasteiger charge is 2.29. The van der Waals surface area contributed by atoms with Crippen molar-refractivity contribution >= 4 is 34.7 Å². The molecular formula is C31H36N6O6. The number of aromatic carboxylic acids is 1. The number of hydrazone groups is 2. The van der Waals surface area contributed by atoms with Crippen molar-refractivity contribution in [2.45, 2.75) is 26.2 Å². The lowest BCUT2D eigenvalue weighted by atomic mass is 10.0. The van der Waals surface area contributed by atoms with Crippen molar-refractivity contribution < 1.29 is 30.0 Å². The van der Waals surface area contributed by atoms with Crippen LogP contribution >= 0.6 is 0 Å². The Labute approximate surface area is 249 Å². The molecule has 0 unspecified atom stereocenters. The van der Waals surface area contributed by atoms with Crippen LogP contribution in [-0.4, -0.2) is 70.1 Å². The minimum Gasteiger partial charge on any atom is -0.505 e. The lowest BCUT2D eigenvalue weighted by Gasteiger charge is -2.15. The molecule has 0 atom stereocenters. The Balaban J connectivity index is 0.000000566. The monoisotopic (exact) mass is 588 g/mol. The van der Waals surface area contributed by atoms with E-state index >= 15 is 0 Å². The van der Waals surface area contributed by atoms with Crippen LogP contribution in [0.4, 0.5) is 11.4 Å². The predicted molar refractivity (Wildman–Crippen MR) is 167 cm³/mol. The first-order chi connectivity index (χ1) is 20.8. The van der Waals surface area contributed by atoms with E-state index < -0.39 is 5.97 Å². The third-order valence-electron chi connectivity index (χ3n) is 6.46. The minimum atomic E-state index is -1.05. The fraction of sp³-hybridized carbons (Fsp3) is 0.258.